The Morgan fingerprint density at radius 2 is 1.55 bits per heavy atom. The smallest absolute Gasteiger partial charge is 0.407 e. The van der Waals surface area contributed by atoms with Gasteiger partial charge in [0.25, 0.3) is 0 Å². The van der Waals surface area contributed by atoms with E-state index >= 15 is 0 Å². The SMILES string of the molecule is CCOc1ccc(CCC(=O)NCCNC(=O)CCNC(=O)OC(C)(C)C)cc1OC. The van der Waals surface area contributed by atoms with Crippen LogP contribution in [0.5, 0.6) is 11.5 Å². The first-order valence-electron chi connectivity index (χ1n) is 10.4. The van der Waals surface area contributed by atoms with Crippen molar-refractivity contribution in [2.45, 2.75) is 52.6 Å². The summed E-state index contributed by atoms with van der Waals surface area (Å²) in [5.41, 5.74) is 0.394. The van der Waals surface area contributed by atoms with E-state index in [1.165, 1.54) is 0 Å². The van der Waals surface area contributed by atoms with Crippen LogP contribution in [0.25, 0.3) is 0 Å². The lowest BCUT2D eigenvalue weighted by atomic mass is 10.1. The molecule has 1 aromatic rings. The van der Waals surface area contributed by atoms with Gasteiger partial charge in [0.15, 0.2) is 11.5 Å². The molecule has 3 N–H and O–H groups in total. The Labute approximate surface area is 184 Å². The average Bonchev–Trinajstić information content (AvgIpc) is 2.69. The number of ether oxygens (including phenoxy) is 3. The van der Waals surface area contributed by atoms with E-state index in [1.807, 2.05) is 25.1 Å². The minimum atomic E-state index is -0.580. The van der Waals surface area contributed by atoms with Crippen molar-refractivity contribution in [3.8, 4) is 11.5 Å². The Balaban J connectivity index is 2.19. The molecule has 0 bridgehead atoms. The van der Waals surface area contributed by atoms with Gasteiger partial charge in [-0.15, -0.1) is 0 Å². The van der Waals surface area contributed by atoms with Crippen molar-refractivity contribution in [2.75, 3.05) is 33.4 Å². The van der Waals surface area contributed by atoms with Crippen molar-refractivity contribution >= 4 is 17.9 Å². The minimum Gasteiger partial charge on any atom is -0.493 e. The van der Waals surface area contributed by atoms with Crippen LogP contribution in [0.3, 0.4) is 0 Å². The highest BCUT2D eigenvalue weighted by Gasteiger charge is 2.15. The van der Waals surface area contributed by atoms with Gasteiger partial charge < -0.3 is 30.2 Å². The molecule has 0 fully saturated rings. The number of aryl methyl sites for hydroxylation is 1. The molecule has 0 saturated heterocycles. The van der Waals surface area contributed by atoms with Gasteiger partial charge in [-0.25, -0.2) is 4.79 Å². The summed E-state index contributed by atoms with van der Waals surface area (Å²) in [6, 6.07) is 5.61. The van der Waals surface area contributed by atoms with Crippen LogP contribution in [0.4, 0.5) is 4.79 Å². The maximum atomic E-state index is 12.0. The van der Waals surface area contributed by atoms with E-state index in [0.717, 1.165) is 5.56 Å². The average molecular weight is 438 g/mol. The van der Waals surface area contributed by atoms with Crippen molar-refractivity contribution in [1.29, 1.82) is 0 Å². The van der Waals surface area contributed by atoms with E-state index in [9.17, 15) is 14.4 Å². The van der Waals surface area contributed by atoms with Gasteiger partial charge in [-0.2, -0.15) is 0 Å². The molecule has 9 heteroatoms. The molecule has 0 atom stereocenters. The van der Waals surface area contributed by atoms with Gasteiger partial charge in [0.05, 0.1) is 13.7 Å². The molecule has 0 radical (unpaired) electrons. The number of carbonyl (C=O) groups excluding carboxylic acids is 3. The maximum Gasteiger partial charge on any atom is 0.407 e. The molecule has 31 heavy (non-hydrogen) atoms. The lowest BCUT2D eigenvalue weighted by Gasteiger charge is -2.19. The first-order valence-corrected chi connectivity index (χ1v) is 10.4. The van der Waals surface area contributed by atoms with E-state index in [4.69, 9.17) is 14.2 Å². The topological polar surface area (TPSA) is 115 Å². The van der Waals surface area contributed by atoms with E-state index < -0.39 is 11.7 Å². The normalized spacial score (nSPS) is 10.7. The van der Waals surface area contributed by atoms with Gasteiger partial charge in [-0.1, -0.05) is 6.07 Å². The summed E-state index contributed by atoms with van der Waals surface area (Å²) in [5.74, 6) is 0.999. The molecule has 0 saturated carbocycles. The quantitative estimate of drug-likeness (QED) is 0.432. The fourth-order valence-corrected chi connectivity index (χ4v) is 2.57. The summed E-state index contributed by atoms with van der Waals surface area (Å²) in [4.78, 5) is 35.3. The van der Waals surface area contributed by atoms with Crippen LogP contribution in [-0.2, 0) is 20.7 Å². The molecular weight excluding hydrogens is 402 g/mol. The number of hydrogen-bond acceptors (Lipinski definition) is 6. The van der Waals surface area contributed by atoms with Crippen LogP contribution in [0.1, 0.15) is 46.1 Å². The molecule has 174 valence electrons. The predicted octanol–water partition coefficient (Wildman–Crippen LogP) is 2.17. The lowest BCUT2D eigenvalue weighted by molar-refractivity contribution is -0.122. The van der Waals surface area contributed by atoms with Crippen molar-refractivity contribution < 1.29 is 28.6 Å². The van der Waals surface area contributed by atoms with Gasteiger partial charge in [0, 0.05) is 32.5 Å². The molecule has 0 aliphatic carbocycles. The first kappa shape index (κ1) is 26.1. The number of rotatable bonds is 12. The third-order valence-corrected chi connectivity index (χ3v) is 3.96. The zero-order valence-corrected chi connectivity index (χ0v) is 19.1. The number of benzene rings is 1. The maximum absolute atomic E-state index is 12.0. The number of amides is 3. The first-order chi connectivity index (χ1) is 14.6. The van der Waals surface area contributed by atoms with Crippen molar-refractivity contribution in [3.63, 3.8) is 0 Å². The highest BCUT2D eigenvalue weighted by atomic mass is 16.6. The van der Waals surface area contributed by atoms with E-state index in [1.54, 1.807) is 27.9 Å². The number of methoxy groups -OCH3 is 1. The number of hydrogen-bond donors (Lipinski definition) is 3. The summed E-state index contributed by atoms with van der Waals surface area (Å²) in [6.07, 6.45) is 0.465. The molecule has 0 aromatic heterocycles. The van der Waals surface area contributed by atoms with Crippen LogP contribution < -0.4 is 25.4 Å². The van der Waals surface area contributed by atoms with E-state index in [-0.39, 0.29) is 24.8 Å². The molecule has 1 aromatic carbocycles. The highest BCUT2D eigenvalue weighted by Crippen LogP contribution is 2.28. The predicted molar refractivity (Wildman–Crippen MR) is 117 cm³/mol. The Bertz CT molecular complexity index is 730. The van der Waals surface area contributed by atoms with Gasteiger partial charge in [-0.05, 0) is 51.8 Å². The summed E-state index contributed by atoms with van der Waals surface area (Å²) in [6.45, 7) is 8.58. The van der Waals surface area contributed by atoms with Gasteiger partial charge in [-0.3, -0.25) is 9.59 Å². The second-order valence-electron chi connectivity index (χ2n) is 7.80. The standard InChI is InChI=1S/C22H35N3O6/c1-6-30-17-9-7-16(15-18(17)29-5)8-10-19(26)23-13-14-24-20(27)11-12-25-21(28)31-22(2,3)4/h7,9,15H,6,8,10-14H2,1-5H3,(H,23,26)(H,24,27)(H,25,28). The number of nitrogens with one attached hydrogen (secondary N) is 3. The Morgan fingerprint density at radius 3 is 2.13 bits per heavy atom. The Kier molecular flexibility index (Phi) is 11.2. The van der Waals surface area contributed by atoms with Gasteiger partial charge >= 0.3 is 6.09 Å². The number of carbonyl (C=O) groups is 3. The van der Waals surface area contributed by atoms with Gasteiger partial charge in [0.2, 0.25) is 11.8 Å². The molecule has 0 spiro atoms. The Morgan fingerprint density at radius 1 is 0.903 bits per heavy atom. The third kappa shape index (κ3) is 11.7. The summed E-state index contributed by atoms with van der Waals surface area (Å²) in [7, 11) is 1.58. The zero-order valence-electron chi connectivity index (χ0n) is 19.1. The van der Waals surface area contributed by atoms with Crippen molar-refractivity contribution in [2.24, 2.45) is 0 Å². The summed E-state index contributed by atoms with van der Waals surface area (Å²) >= 11 is 0. The monoisotopic (exact) mass is 437 g/mol. The molecular formula is C22H35N3O6. The van der Waals surface area contributed by atoms with E-state index in [0.29, 0.717) is 44.0 Å². The molecule has 0 heterocycles. The van der Waals surface area contributed by atoms with Crippen LogP contribution in [-0.4, -0.2) is 56.9 Å². The molecule has 3 amide bonds. The van der Waals surface area contributed by atoms with Crippen molar-refractivity contribution in [1.82, 2.24) is 16.0 Å². The summed E-state index contributed by atoms with van der Waals surface area (Å²) < 4.78 is 15.9. The molecule has 0 aliphatic heterocycles. The molecule has 0 unspecified atom stereocenters. The fourth-order valence-electron chi connectivity index (χ4n) is 2.57. The fraction of sp³-hybridized carbons (Fsp3) is 0.591. The third-order valence-electron chi connectivity index (χ3n) is 3.96. The molecule has 0 aliphatic rings. The van der Waals surface area contributed by atoms with Crippen LogP contribution in [0, 0.1) is 0 Å². The van der Waals surface area contributed by atoms with E-state index in [2.05, 4.69) is 16.0 Å². The second kappa shape index (κ2) is 13.4. The second-order valence-corrected chi connectivity index (χ2v) is 7.80. The van der Waals surface area contributed by atoms with Crippen LogP contribution in [0.15, 0.2) is 18.2 Å². The largest absolute Gasteiger partial charge is 0.493 e. The van der Waals surface area contributed by atoms with Crippen LogP contribution in [0.2, 0.25) is 0 Å². The van der Waals surface area contributed by atoms with Crippen molar-refractivity contribution in [3.05, 3.63) is 23.8 Å². The van der Waals surface area contributed by atoms with Gasteiger partial charge in [0.1, 0.15) is 5.60 Å². The Hall–Kier alpha value is -2.97. The molecule has 9 nitrogen and oxygen atoms in total. The highest BCUT2D eigenvalue weighted by molar-refractivity contribution is 5.78. The zero-order chi connectivity index (χ0) is 23.3. The minimum absolute atomic E-state index is 0.103. The molecule has 1 rings (SSSR count). The number of alkyl carbamates (subject to hydrolysis) is 1. The summed E-state index contributed by atoms with van der Waals surface area (Å²) in [5, 5.41) is 7.98. The van der Waals surface area contributed by atoms with Crippen LogP contribution >= 0.6 is 0 Å². The lowest BCUT2D eigenvalue weighted by Crippen LogP contribution is -2.37.